The third kappa shape index (κ3) is 3.35. The lowest BCUT2D eigenvalue weighted by molar-refractivity contribution is -0.275. The van der Waals surface area contributed by atoms with Crippen LogP contribution in [0, 0.1) is 17.6 Å². The van der Waals surface area contributed by atoms with Gasteiger partial charge in [0.2, 0.25) is 5.82 Å². The predicted molar refractivity (Wildman–Crippen MR) is 91.8 cm³/mol. The topological polar surface area (TPSA) is 71.5 Å². The number of aromatic hydroxyl groups is 1. The molecule has 1 fully saturated rings. The number of hydrogen-bond acceptors (Lipinski definition) is 4. The molecule has 0 unspecified atom stereocenters. The van der Waals surface area contributed by atoms with Crippen molar-refractivity contribution >= 4 is 0 Å². The highest BCUT2D eigenvalue weighted by Gasteiger charge is 2.65. The van der Waals surface area contributed by atoms with Crippen LogP contribution in [0.3, 0.4) is 0 Å². The lowest BCUT2D eigenvalue weighted by Crippen LogP contribution is -2.46. The van der Waals surface area contributed by atoms with E-state index in [0.717, 1.165) is 38.3 Å². The van der Waals surface area contributed by atoms with Gasteiger partial charge in [0, 0.05) is 29.5 Å². The van der Waals surface area contributed by atoms with Crippen LogP contribution in [-0.4, -0.2) is 29.0 Å². The van der Waals surface area contributed by atoms with Gasteiger partial charge in [0.25, 0.3) is 5.56 Å². The summed E-state index contributed by atoms with van der Waals surface area (Å²) in [4.78, 5) is 14.1. The molecule has 1 aromatic heterocycles. The van der Waals surface area contributed by atoms with Gasteiger partial charge in [-0.2, -0.15) is 17.6 Å². The Morgan fingerprint density at radius 2 is 1.90 bits per heavy atom. The number of ether oxygens (including phenoxy) is 2. The Hall–Kier alpha value is -2.62. The zero-order valence-corrected chi connectivity index (χ0v) is 15.6. The van der Waals surface area contributed by atoms with Gasteiger partial charge in [-0.25, -0.2) is 4.39 Å². The zero-order chi connectivity index (χ0) is 21.7. The van der Waals surface area contributed by atoms with Gasteiger partial charge in [-0.15, -0.1) is 0 Å². The maximum absolute atomic E-state index is 14.3. The van der Waals surface area contributed by atoms with Crippen molar-refractivity contribution in [3.05, 3.63) is 57.5 Å². The van der Waals surface area contributed by atoms with Crippen molar-refractivity contribution in [2.45, 2.75) is 37.6 Å². The van der Waals surface area contributed by atoms with Crippen molar-refractivity contribution in [2.75, 3.05) is 7.11 Å². The number of H-pyrrole nitrogens is 1. The van der Waals surface area contributed by atoms with Gasteiger partial charge < -0.3 is 19.6 Å². The second-order valence-electron chi connectivity index (χ2n) is 7.10. The number of halogens is 5. The lowest BCUT2D eigenvalue weighted by atomic mass is 9.76. The average molecular weight is 419 g/mol. The minimum absolute atomic E-state index is 0.0546. The van der Waals surface area contributed by atoms with Crippen LogP contribution in [0.1, 0.15) is 37.1 Å². The molecule has 3 rings (SSSR count). The summed E-state index contributed by atoms with van der Waals surface area (Å²) in [5, 5.41) is 9.72. The van der Waals surface area contributed by atoms with Gasteiger partial charge in [-0.3, -0.25) is 4.79 Å². The van der Waals surface area contributed by atoms with E-state index in [4.69, 9.17) is 9.47 Å². The Morgan fingerprint density at radius 1 is 1.24 bits per heavy atom. The second-order valence-corrected chi connectivity index (χ2v) is 7.10. The zero-order valence-electron chi connectivity index (χ0n) is 15.6. The smallest absolute Gasteiger partial charge is 0.417 e. The molecule has 2 N–H and O–H groups in total. The van der Waals surface area contributed by atoms with Gasteiger partial charge in [0.05, 0.1) is 12.8 Å². The van der Waals surface area contributed by atoms with Gasteiger partial charge in [-0.05, 0) is 13.0 Å². The Balaban J connectivity index is 2.25. The molecule has 0 aliphatic carbocycles. The molecule has 2 aromatic rings. The van der Waals surface area contributed by atoms with E-state index >= 15 is 0 Å². The summed E-state index contributed by atoms with van der Waals surface area (Å²) in [7, 11) is 1.07. The summed E-state index contributed by atoms with van der Waals surface area (Å²) in [5.41, 5.74) is -3.61. The number of benzene rings is 1. The molecule has 1 aliphatic rings. The highest BCUT2D eigenvalue weighted by Crippen LogP contribution is 2.59. The number of pyridine rings is 1. The minimum Gasteiger partial charge on any atom is -0.508 e. The van der Waals surface area contributed by atoms with E-state index in [0.29, 0.717) is 0 Å². The molecule has 4 atom stereocenters. The maximum Gasteiger partial charge on any atom is 0.417 e. The van der Waals surface area contributed by atoms with Crippen LogP contribution in [0.5, 0.6) is 11.5 Å². The van der Waals surface area contributed by atoms with E-state index in [1.165, 1.54) is 6.92 Å². The second kappa shape index (κ2) is 7.01. The highest BCUT2D eigenvalue weighted by atomic mass is 19.4. The third-order valence-corrected chi connectivity index (χ3v) is 5.47. The molecule has 0 saturated carbocycles. The molecule has 1 aliphatic heterocycles. The van der Waals surface area contributed by atoms with Crippen molar-refractivity contribution in [3.8, 4) is 11.5 Å². The first-order valence-electron chi connectivity index (χ1n) is 8.60. The van der Waals surface area contributed by atoms with E-state index in [9.17, 15) is 31.9 Å². The van der Waals surface area contributed by atoms with E-state index in [1.54, 1.807) is 0 Å². The molecule has 1 saturated heterocycles. The van der Waals surface area contributed by atoms with Crippen molar-refractivity contribution in [3.63, 3.8) is 0 Å². The van der Waals surface area contributed by atoms with Crippen LogP contribution >= 0.6 is 0 Å². The van der Waals surface area contributed by atoms with E-state index < -0.39 is 58.4 Å². The number of methoxy groups -OCH3 is 1. The summed E-state index contributed by atoms with van der Waals surface area (Å²) in [5.74, 6) is -6.05. The minimum atomic E-state index is -4.80. The molecule has 0 amide bonds. The maximum atomic E-state index is 14.3. The lowest BCUT2D eigenvalue weighted by Gasteiger charge is -2.32. The van der Waals surface area contributed by atoms with Gasteiger partial charge in [0.15, 0.2) is 17.2 Å². The predicted octanol–water partition coefficient (Wildman–Crippen LogP) is 4.18. The summed E-state index contributed by atoms with van der Waals surface area (Å²) in [6, 6.07) is 3.81. The fraction of sp³-hybridized carbons (Fsp3) is 0.421. The first-order chi connectivity index (χ1) is 13.4. The Labute approximate surface area is 162 Å². The quantitative estimate of drug-likeness (QED) is 0.733. The molecule has 158 valence electrons. The summed E-state index contributed by atoms with van der Waals surface area (Å²) >= 11 is 0. The summed E-state index contributed by atoms with van der Waals surface area (Å²) in [6.07, 6.45) is -6.22. The summed E-state index contributed by atoms with van der Waals surface area (Å²) in [6.45, 7) is 2.11. The standard InChI is InChI=1S/C19H18F5NO4/c1-8-14(10-4-5-11(20)15(21)16(10)28-3)17(29-18(8,2)19(22,23)24)12-6-9(26)7-13(27)25-12/h4-8,14,17H,1-3H3,(H2,25,26,27)/t8-,14-,17-,18+/m0/s1. The number of rotatable bonds is 3. The Bertz CT molecular complexity index is 990. The molecule has 0 bridgehead atoms. The largest absolute Gasteiger partial charge is 0.508 e. The van der Waals surface area contributed by atoms with Crippen molar-refractivity contribution in [1.82, 2.24) is 4.98 Å². The number of alkyl halides is 3. The monoisotopic (exact) mass is 419 g/mol. The van der Waals surface area contributed by atoms with Crippen LogP contribution in [-0.2, 0) is 4.74 Å². The fourth-order valence-corrected chi connectivity index (χ4v) is 3.78. The van der Waals surface area contributed by atoms with Crippen LogP contribution in [0.4, 0.5) is 22.0 Å². The molecule has 2 heterocycles. The molecule has 0 spiro atoms. The summed E-state index contributed by atoms with van der Waals surface area (Å²) < 4.78 is 79.8. The molecule has 1 aromatic carbocycles. The molecular formula is C19H18F5NO4. The van der Waals surface area contributed by atoms with Crippen LogP contribution in [0.25, 0.3) is 0 Å². The molecule has 29 heavy (non-hydrogen) atoms. The first-order valence-corrected chi connectivity index (χ1v) is 8.60. The van der Waals surface area contributed by atoms with Gasteiger partial charge >= 0.3 is 6.18 Å². The van der Waals surface area contributed by atoms with E-state index in [1.807, 2.05) is 0 Å². The molecule has 0 radical (unpaired) electrons. The average Bonchev–Trinajstić information content (AvgIpc) is 2.89. The van der Waals surface area contributed by atoms with E-state index in [2.05, 4.69) is 4.98 Å². The Kier molecular flexibility index (Phi) is 5.10. The van der Waals surface area contributed by atoms with E-state index in [-0.39, 0.29) is 11.3 Å². The van der Waals surface area contributed by atoms with Crippen molar-refractivity contribution < 1.29 is 36.5 Å². The van der Waals surface area contributed by atoms with Crippen LogP contribution in [0.2, 0.25) is 0 Å². The van der Waals surface area contributed by atoms with Gasteiger partial charge in [-0.1, -0.05) is 13.0 Å². The number of aromatic amines is 1. The highest BCUT2D eigenvalue weighted by molar-refractivity contribution is 5.42. The van der Waals surface area contributed by atoms with Crippen molar-refractivity contribution in [2.24, 2.45) is 5.92 Å². The Morgan fingerprint density at radius 3 is 2.45 bits per heavy atom. The third-order valence-electron chi connectivity index (χ3n) is 5.47. The van der Waals surface area contributed by atoms with Crippen LogP contribution < -0.4 is 10.3 Å². The first kappa shape index (κ1) is 21.1. The SMILES string of the molecule is COc1c([C@H]2[C@H](c3cc(O)cc(=O)[nH]3)O[C@@](C)(C(F)(F)F)[C@H]2C)ccc(F)c1F. The van der Waals surface area contributed by atoms with Crippen LogP contribution in [0.15, 0.2) is 29.1 Å². The van der Waals surface area contributed by atoms with Gasteiger partial charge in [0.1, 0.15) is 11.9 Å². The normalized spacial score (nSPS) is 27.2. The molecule has 5 nitrogen and oxygen atoms in total. The fourth-order valence-electron chi connectivity index (χ4n) is 3.78. The number of hydrogen-bond donors (Lipinski definition) is 2. The molecule has 10 heteroatoms. The number of nitrogens with one attached hydrogen (secondary N) is 1. The molecular weight excluding hydrogens is 401 g/mol. The van der Waals surface area contributed by atoms with Crippen molar-refractivity contribution in [1.29, 1.82) is 0 Å². The number of aromatic nitrogens is 1.